The van der Waals surface area contributed by atoms with Crippen LogP contribution in [0, 0.1) is 10.1 Å². The summed E-state index contributed by atoms with van der Waals surface area (Å²) < 4.78 is 0. The summed E-state index contributed by atoms with van der Waals surface area (Å²) in [7, 11) is 0. The third-order valence-corrected chi connectivity index (χ3v) is 4.29. The number of benzene rings is 2. The Morgan fingerprint density at radius 2 is 1.62 bits per heavy atom. The van der Waals surface area contributed by atoms with E-state index in [1.165, 1.54) is 6.07 Å². The fourth-order valence-electron chi connectivity index (χ4n) is 2.63. The van der Waals surface area contributed by atoms with Crippen LogP contribution in [-0.2, 0) is 10.2 Å². The van der Waals surface area contributed by atoms with Crippen LogP contribution in [0.3, 0.4) is 0 Å². The van der Waals surface area contributed by atoms with E-state index in [0.29, 0.717) is 17.8 Å². The van der Waals surface area contributed by atoms with Crippen molar-refractivity contribution in [1.82, 2.24) is 10.6 Å². The molecule has 0 spiro atoms. The van der Waals surface area contributed by atoms with Crippen LogP contribution in [0.1, 0.15) is 36.7 Å². The maximum Gasteiger partial charge on any atom is 0.292 e. The topological polar surface area (TPSA) is 113 Å². The maximum atomic E-state index is 12.2. The van der Waals surface area contributed by atoms with Crippen molar-refractivity contribution in [1.29, 1.82) is 0 Å². The highest BCUT2D eigenvalue weighted by molar-refractivity contribution is 5.96. The zero-order chi connectivity index (χ0) is 21.4. The minimum atomic E-state index is -0.468. The van der Waals surface area contributed by atoms with E-state index in [4.69, 9.17) is 0 Å². The maximum absolute atomic E-state index is 12.2. The molecule has 2 rings (SSSR count). The molecule has 0 aliphatic rings. The van der Waals surface area contributed by atoms with E-state index in [-0.39, 0.29) is 36.0 Å². The zero-order valence-electron chi connectivity index (χ0n) is 16.8. The molecular formula is C21H26N4O4. The van der Waals surface area contributed by atoms with Crippen LogP contribution in [0.5, 0.6) is 0 Å². The van der Waals surface area contributed by atoms with Crippen LogP contribution in [-0.4, -0.2) is 36.4 Å². The standard InChI is InChI=1S/C21H26N4O4/c1-21(2,3)16-10-8-15(9-11-16)20(27)24-14-19(26)23-13-12-22-17-6-4-5-7-18(17)25(28)29/h4-11,22H,12-14H2,1-3H3,(H,23,26)(H,24,27). The average Bonchev–Trinajstić information content (AvgIpc) is 2.69. The van der Waals surface area contributed by atoms with Gasteiger partial charge >= 0.3 is 0 Å². The van der Waals surface area contributed by atoms with E-state index in [9.17, 15) is 19.7 Å². The van der Waals surface area contributed by atoms with Gasteiger partial charge in [0.05, 0.1) is 11.5 Å². The molecule has 0 atom stereocenters. The van der Waals surface area contributed by atoms with E-state index in [1.807, 2.05) is 12.1 Å². The summed E-state index contributed by atoms with van der Waals surface area (Å²) in [6.07, 6.45) is 0. The summed E-state index contributed by atoms with van der Waals surface area (Å²) >= 11 is 0. The van der Waals surface area contributed by atoms with Gasteiger partial charge in [-0.2, -0.15) is 0 Å². The van der Waals surface area contributed by atoms with Gasteiger partial charge in [0.25, 0.3) is 11.6 Å². The number of para-hydroxylation sites is 2. The predicted molar refractivity (Wildman–Crippen MR) is 112 cm³/mol. The molecule has 2 aromatic rings. The van der Waals surface area contributed by atoms with Gasteiger partial charge in [-0.15, -0.1) is 0 Å². The van der Waals surface area contributed by atoms with E-state index >= 15 is 0 Å². The third-order valence-electron chi connectivity index (χ3n) is 4.29. The van der Waals surface area contributed by atoms with Crippen molar-refractivity contribution in [2.45, 2.75) is 26.2 Å². The lowest BCUT2D eigenvalue weighted by Crippen LogP contribution is -2.38. The van der Waals surface area contributed by atoms with Gasteiger partial charge in [0.15, 0.2) is 0 Å². The molecule has 0 radical (unpaired) electrons. The summed E-state index contributed by atoms with van der Waals surface area (Å²) in [5.41, 5.74) is 1.98. The summed E-state index contributed by atoms with van der Waals surface area (Å²) in [6.45, 7) is 6.72. The van der Waals surface area contributed by atoms with Crippen molar-refractivity contribution in [2.75, 3.05) is 25.0 Å². The molecule has 0 aromatic heterocycles. The van der Waals surface area contributed by atoms with Gasteiger partial charge in [-0.3, -0.25) is 19.7 Å². The van der Waals surface area contributed by atoms with Crippen LogP contribution in [0.2, 0.25) is 0 Å². The normalized spacial score (nSPS) is 10.9. The van der Waals surface area contributed by atoms with Gasteiger partial charge in [-0.05, 0) is 29.2 Å². The molecule has 0 heterocycles. The van der Waals surface area contributed by atoms with Gasteiger partial charge in [-0.1, -0.05) is 45.0 Å². The molecule has 2 aromatic carbocycles. The number of hydrogen-bond acceptors (Lipinski definition) is 5. The quantitative estimate of drug-likeness (QED) is 0.359. The van der Waals surface area contributed by atoms with Crippen LogP contribution >= 0.6 is 0 Å². The van der Waals surface area contributed by atoms with E-state index < -0.39 is 4.92 Å². The Kier molecular flexibility index (Phi) is 7.30. The van der Waals surface area contributed by atoms with Crippen LogP contribution < -0.4 is 16.0 Å². The number of amides is 2. The molecule has 0 unspecified atom stereocenters. The van der Waals surface area contributed by atoms with Crippen molar-refractivity contribution in [3.8, 4) is 0 Å². The lowest BCUT2D eigenvalue weighted by Gasteiger charge is -2.19. The Balaban J connectivity index is 1.73. The zero-order valence-corrected chi connectivity index (χ0v) is 16.8. The summed E-state index contributed by atoms with van der Waals surface area (Å²) in [6, 6.07) is 13.6. The van der Waals surface area contributed by atoms with Crippen LogP contribution in [0.4, 0.5) is 11.4 Å². The highest BCUT2D eigenvalue weighted by atomic mass is 16.6. The molecule has 0 saturated carbocycles. The predicted octanol–water partition coefficient (Wildman–Crippen LogP) is 2.85. The van der Waals surface area contributed by atoms with Gasteiger partial charge in [0, 0.05) is 24.7 Å². The minimum absolute atomic E-state index is 0.00308. The number of nitrogens with one attached hydrogen (secondary N) is 3. The lowest BCUT2D eigenvalue weighted by molar-refractivity contribution is -0.384. The van der Waals surface area contributed by atoms with Crippen molar-refractivity contribution in [3.05, 3.63) is 69.8 Å². The highest BCUT2D eigenvalue weighted by Gasteiger charge is 2.15. The Hall–Kier alpha value is -3.42. The monoisotopic (exact) mass is 398 g/mol. The van der Waals surface area contributed by atoms with Crippen molar-refractivity contribution >= 4 is 23.2 Å². The Labute approximate surface area is 169 Å². The minimum Gasteiger partial charge on any atom is -0.378 e. The molecule has 8 nitrogen and oxygen atoms in total. The second-order valence-electron chi connectivity index (χ2n) is 7.56. The fraction of sp³-hybridized carbons (Fsp3) is 0.333. The average molecular weight is 398 g/mol. The first kappa shape index (κ1) is 21.9. The number of rotatable bonds is 8. The first-order valence-electron chi connectivity index (χ1n) is 9.31. The molecule has 0 aliphatic heterocycles. The van der Waals surface area contributed by atoms with Gasteiger partial charge < -0.3 is 16.0 Å². The molecule has 2 amide bonds. The molecule has 3 N–H and O–H groups in total. The molecule has 154 valence electrons. The van der Waals surface area contributed by atoms with Crippen LogP contribution in [0.15, 0.2) is 48.5 Å². The lowest BCUT2D eigenvalue weighted by atomic mass is 9.87. The highest BCUT2D eigenvalue weighted by Crippen LogP contribution is 2.23. The second kappa shape index (κ2) is 9.68. The SMILES string of the molecule is CC(C)(C)c1ccc(C(=O)NCC(=O)NCCNc2ccccc2[N+](=O)[O-])cc1. The van der Waals surface area contributed by atoms with E-state index in [1.54, 1.807) is 30.3 Å². The molecule has 8 heteroatoms. The summed E-state index contributed by atoms with van der Waals surface area (Å²) in [5, 5.41) is 19.1. The van der Waals surface area contributed by atoms with Gasteiger partial charge in [0.1, 0.15) is 5.69 Å². The van der Waals surface area contributed by atoms with Gasteiger partial charge in [0.2, 0.25) is 5.91 Å². The molecule has 0 aliphatic carbocycles. The number of nitro benzene ring substituents is 1. The Morgan fingerprint density at radius 1 is 0.966 bits per heavy atom. The van der Waals surface area contributed by atoms with E-state index in [0.717, 1.165) is 5.56 Å². The number of carbonyl (C=O) groups excluding carboxylic acids is 2. The van der Waals surface area contributed by atoms with Crippen LogP contribution in [0.25, 0.3) is 0 Å². The fourth-order valence-corrected chi connectivity index (χ4v) is 2.63. The second-order valence-corrected chi connectivity index (χ2v) is 7.56. The smallest absolute Gasteiger partial charge is 0.292 e. The third kappa shape index (κ3) is 6.60. The van der Waals surface area contributed by atoms with Gasteiger partial charge in [-0.25, -0.2) is 0 Å². The number of anilines is 1. The molecule has 0 saturated heterocycles. The Morgan fingerprint density at radius 3 is 2.24 bits per heavy atom. The number of nitrogens with zero attached hydrogens (tertiary/aromatic N) is 1. The molecule has 29 heavy (non-hydrogen) atoms. The molecule has 0 fully saturated rings. The first-order valence-corrected chi connectivity index (χ1v) is 9.31. The van der Waals surface area contributed by atoms with E-state index in [2.05, 4.69) is 36.7 Å². The van der Waals surface area contributed by atoms with Crippen molar-refractivity contribution in [3.63, 3.8) is 0 Å². The molecule has 0 bridgehead atoms. The Bertz CT molecular complexity index is 873. The number of nitro groups is 1. The number of hydrogen-bond donors (Lipinski definition) is 3. The summed E-state index contributed by atoms with van der Waals surface area (Å²) in [5.74, 6) is -0.660. The largest absolute Gasteiger partial charge is 0.378 e. The van der Waals surface area contributed by atoms with Crippen molar-refractivity contribution < 1.29 is 14.5 Å². The first-order chi connectivity index (χ1) is 13.7. The van der Waals surface area contributed by atoms with Crippen molar-refractivity contribution in [2.24, 2.45) is 0 Å². The molecular weight excluding hydrogens is 372 g/mol. The number of carbonyl (C=O) groups is 2. The summed E-state index contributed by atoms with van der Waals surface area (Å²) in [4.78, 5) is 34.5.